The number of aromatic amines is 1. The Bertz CT molecular complexity index is 843. The average molecular weight is 312 g/mol. The van der Waals surface area contributed by atoms with E-state index in [-0.39, 0.29) is 0 Å². The smallest absolute Gasteiger partial charge is 0.203 e. The highest BCUT2D eigenvalue weighted by molar-refractivity contribution is 5.83. The first-order valence-corrected chi connectivity index (χ1v) is 7.34. The molecule has 3 aromatic rings. The normalized spacial score (nSPS) is 10.8. The molecule has 1 heterocycles. The fraction of sp³-hybridized carbons (Fsp3) is 0.278. The average Bonchev–Trinajstić information content (AvgIpc) is 2.97. The molecule has 3 rings (SSSR count). The van der Waals surface area contributed by atoms with Gasteiger partial charge in [0.25, 0.3) is 0 Å². The zero-order chi connectivity index (χ0) is 16.6. The van der Waals surface area contributed by atoms with Crippen LogP contribution in [-0.4, -0.2) is 31.3 Å². The first-order valence-electron chi connectivity index (χ1n) is 7.34. The van der Waals surface area contributed by atoms with Crippen LogP contribution in [0.2, 0.25) is 0 Å². The van der Waals surface area contributed by atoms with Gasteiger partial charge < -0.3 is 19.2 Å². The summed E-state index contributed by atoms with van der Waals surface area (Å²) in [7, 11) is 4.80. The van der Waals surface area contributed by atoms with Gasteiger partial charge in [-0.25, -0.2) is 4.98 Å². The fourth-order valence-corrected chi connectivity index (χ4v) is 2.83. The standard InChI is InChI=1S/C18H20N2O3/c1-10-6-11(2)16-13(7-10)19-18(20-16)12-8-14(21-3)17(23-5)15(9-12)22-4/h6-9H,1-5H3,(H,19,20). The van der Waals surface area contributed by atoms with Crippen molar-refractivity contribution in [2.24, 2.45) is 0 Å². The van der Waals surface area contributed by atoms with Gasteiger partial charge in [-0.3, -0.25) is 0 Å². The number of H-pyrrole nitrogens is 1. The van der Waals surface area contributed by atoms with Crippen molar-refractivity contribution in [3.63, 3.8) is 0 Å². The second-order valence-electron chi connectivity index (χ2n) is 5.48. The van der Waals surface area contributed by atoms with Crippen LogP contribution in [0.5, 0.6) is 17.2 Å². The molecule has 120 valence electrons. The number of methoxy groups -OCH3 is 3. The van der Waals surface area contributed by atoms with Crippen molar-refractivity contribution in [1.29, 1.82) is 0 Å². The first-order chi connectivity index (χ1) is 11.1. The van der Waals surface area contributed by atoms with E-state index in [2.05, 4.69) is 31.0 Å². The molecule has 0 unspecified atom stereocenters. The minimum Gasteiger partial charge on any atom is -0.493 e. The van der Waals surface area contributed by atoms with E-state index >= 15 is 0 Å². The van der Waals surface area contributed by atoms with Crippen molar-refractivity contribution in [2.45, 2.75) is 13.8 Å². The SMILES string of the molecule is COc1cc(-c2nc3c(C)cc(C)cc3[nH]2)cc(OC)c1OC. The number of nitrogens with one attached hydrogen (secondary N) is 1. The maximum atomic E-state index is 5.41. The molecule has 1 aromatic heterocycles. The van der Waals surface area contributed by atoms with Crippen LogP contribution in [0.25, 0.3) is 22.4 Å². The highest BCUT2D eigenvalue weighted by Crippen LogP contribution is 2.41. The molecule has 0 aliphatic heterocycles. The lowest BCUT2D eigenvalue weighted by atomic mass is 10.1. The van der Waals surface area contributed by atoms with Crippen LogP contribution in [0.4, 0.5) is 0 Å². The number of hydrogen-bond donors (Lipinski definition) is 1. The predicted octanol–water partition coefficient (Wildman–Crippen LogP) is 3.87. The number of nitrogens with zero attached hydrogens (tertiary/aromatic N) is 1. The van der Waals surface area contributed by atoms with E-state index in [1.54, 1.807) is 21.3 Å². The fourth-order valence-electron chi connectivity index (χ4n) is 2.83. The number of benzene rings is 2. The molecular weight excluding hydrogens is 292 g/mol. The molecule has 5 nitrogen and oxygen atoms in total. The number of rotatable bonds is 4. The molecule has 2 aromatic carbocycles. The largest absolute Gasteiger partial charge is 0.493 e. The molecule has 0 aliphatic rings. The Morgan fingerprint density at radius 3 is 2.09 bits per heavy atom. The van der Waals surface area contributed by atoms with Gasteiger partial charge in [-0.1, -0.05) is 6.07 Å². The van der Waals surface area contributed by atoms with Gasteiger partial charge in [0.05, 0.1) is 32.4 Å². The van der Waals surface area contributed by atoms with Crippen molar-refractivity contribution in [3.05, 3.63) is 35.4 Å². The van der Waals surface area contributed by atoms with E-state index in [1.807, 2.05) is 12.1 Å². The van der Waals surface area contributed by atoms with Crippen molar-refractivity contribution < 1.29 is 14.2 Å². The number of aryl methyl sites for hydroxylation is 2. The predicted molar refractivity (Wildman–Crippen MR) is 90.7 cm³/mol. The Labute approximate surface area is 135 Å². The van der Waals surface area contributed by atoms with Gasteiger partial charge in [0.2, 0.25) is 5.75 Å². The van der Waals surface area contributed by atoms with E-state index < -0.39 is 0 Å². The summed E-state index contributed by atoms with van der Waals surface area (Å²) in [6, 6.07) is 8.00. The Hall–Kier alpha value is -2.69. The van der Waals surface area contributed by atoms with Crippen LogP contribution in [0, 0.1) is 13.8 Å². The summed E-state index contributed by atoms with van der Waals surface area (Å²) in [4.78, 5) is 8.09. The lowest BCUT2D eigenvalue weighted by molar-refractivity contribution is 0.324. The zero-order valence-electron chi connectivity index (χ0n) is 14.0. The van der Waals surface area contributed by atoms with E-state index in [0.717, 1.165) is 28.0 Å². The van der Waals surface area contributed by atoms with Crippen molar-refractivity contribution in [3.8, 4) is 28.6 Å². The summed E-state index contributed by atoms with van der Waals surface area (Å²) in [5, 5.41) is 0. The molecule has 0 fully saturated rings. The molecule has 0 amide bonds. The minimum atomic E-state index is 0.571. The van der Waals surface area contributed by atoms with Gasteiger partial charge in [0.15, 0.2) is 11.5 Å². The first kappa shape index (κ1) is 15.2. The molecule has 0 atom stereocenters. The van der Waals surface area contributed by atoms with Crippen molar-refractivity contribution in [1.82, 2.24) is 9.97 Å². The highest BCUT2D eigenvalue weighted by atomic mass is 16.5. The molecule has 0 spiro atoms. The summed E-state index contributed by atoms with van der Waals surface area (Å²) in [5.74, 6) is 2.56. The molecule has 0 saturated carbocycles. The van der Waals surface area contributed by atoms with Crippen LogP contribution in [0.1, 0.15) is 11.1 Å². The molecule has 0 aliphatic carbocycles. The second-order valence-corrected chi connectivity index (χ2v) is 5.48. The lowest BCUT2D eigenvalue weighted by Gasteiger charge is -2.13. The Kier molecular flexibility index (Phi) is 3.86. The molecule has 0 bridgehead atoms. The van der Waals surface area contributed by atoms with Crippen LogP contribution in [-0.2, 0) is 0 Å². The van der Waals surface area contributed by atoms with Crippen LogP contribution >= 0.6 is 0 Å². The summed E-state index contributed by atoms with van der Waals surface area (Å²) < 4.78 is 16.2. The van der Waals surface area contributed by atoms with E-state index in [1.165, 1.54) is 5.56 Å². The second kappa shape index (κ2) is 5.83. The molecule has 0 radical (unpaired) electrons. The molecule has 23 heavy (non-hydrogen) atoms. The minimum absolute atomic E-state index is 0.571. The number of imidazole rings is 1. The van der Waals surface area contributed by atoms with Gasteiger partial charge in [-0.15, -0.1) is 0 Å². The van der Waals surface area contributed by atoms with E-state index in [0.29, 0.717) is 17.2 Å². The van der Waals surface area contributed by atoms with Gasteiger partial charge in [-0.05, 0) is 43.2 Å². The molecule has 5 heteroatoms. The summed E-state index contributed by atoms with van der Waals surface area (Å²) in [5.41, 5.74) is 5.23. The van der Waals surface area contributed by atoms with Crippen LogP contribution in [0.15, 0.2) is 24.3 Å². The number of fused-ring (bicyclic) bond motifs is 1. The third kappa shape index (κ3) is 2.59. The molecular formula is C18H20N2O3. The highest BCUT2D eigenvalue weighted by Gasteiger charge is 2.16. The zero-order valence-corrected chi connectivity index (χ0v) is 14.0. The van der Waals surface area contributed by atoms with Crippen LogP contribution in [0.3, 0.4) is 0 Å². The monoisotopic (exact) mass is 312 g/mol. The van der Waals surface area contributed by atoms with E-state index in [4.69, 9.17) is 19.2 Å². The number of ether oxygens (including phenoxy) is 3. The molecule has 1 N–H and O–H groups in total. The summed E-state index contributed by atoms with van der Waals surface area (Å²) in [6.45, 7) is 4.14. The third-order valence-electron chi connectivity index (χ3n) is 3.86. The maximum absolute atomic E-state index is 5.41. The summed E-state index contributed by atoms with van der Waals surface area (Å²) >= 11 is 0. The van der Waals surface area contributed by atoms with Crippen LogP contribution < -0.4 is 14.2 Å². The quantitative estimate of drug-likeness (QED) is 0.794. The number of hydrogen-bond acceptors (Lipinski definition) is 4. The van der Waals surface area contributed by atoms with E-state index in [9.17, 15) is 0 Å². The topological polar surface area (TPSA) is 56.4 Å². The molecule has 0 saturated heterocycles. The Balaban J connectivity index is 2.20. The Morgan fingerprint density at radius 2 is 1.52 bits per heavy atom. The van der Waals surface area contributed by atoms with Crippen molar-refractivity contribution >= 4 is 11.0 Å². The summed E-state index contributed by atoms with van der Waals surface area (Å²) in [6.07, 6.45) is 0. The maximum Gasteiger partial charge on any atom is 0.203 e. The van der Waals surface area contributed by atoms with Gasteiger partial charge >= 0.3 is 0 Å². The third-order valence-corrected chi connectivity index (χ3v) is 3.86. The van der Waals surface area contributed by atoms with Gasteiger partial charge in [0.1, 0.15) is 5.82 Å². The van der Waals surface area contributed by atoms with Gasteiger partial charge in [-0.2, -0.15) is 0 Å². The lowest BCUT2D eigenvalue weighted by Crippen LogP contribution is -1.96. The van der Waals surface area contributed by atoms with Gasteiger partial charge in [0, 0.05) is 5.56 Å². The van der Waals surface area contributed by atoms with Crippen molar-refractivity contribution in [2.75, 3.05) is 21.3 Å². The number of aromatic nitrogens is 2. The Morgan fingerprint density at radius 1 is 0.870 bits per heavy atom.